The molecule has 0 saturated carbocycles. The molecule has 2 aromatic rings. The lowest BCUT2D eigenvalue weighted by Gasteiger charge is -2.10. The number of oxazole rings is 1. The number of para-hydroxylation sites is 2. The SMILES string of the molecule is O=C(CCn1c(=O)oc2ccccc21)N[C@@H]1CCS(=O)(=O)C1. The molecule has 118 valence electrons. The van der Waals surface area contributed by atoms with E-state index in [4.69, 9.17) is 4.42 Å². The van der Waals surface area contributed by atoms with E-state index in [0.717, 1.165) is 0 Å². The maximum absolute atomic E-state index is 11.9. The normalized spacial score (nSPS) is 20.3. The number of hydrogen-bond donors (Lipinski definition) is 1. The van der Waals surface area contributed by atoms with Crippen LogP contribution in [0, 0.1) is 0 Å². The zero-order valence-electron chi connectivity index (χ0n) is 11.8. The van der Waals surface area contributed by atoms with E-state index in [2.05, 4.69) is 5.32 Å². The lowest BCUT2D eigenvalue weighted by atomic mass is 10.2. The second-order valence-electron chi connectivity index (χ2n) is 5.40. The lowest BCUT2D eigenvalue weighted by molar-refractivity contribution is -0.121. The van der Waals surface area contributed by atoms with Gasteiger partial charge < -0.3 is 9.73 Å². The van der Waals surface area contributed by atoms with E-state index in [1.54, 1.807) is 24.3 Å². The molecule has 7 nitrogen and oxygen atoms in total. The fourth-order valence-electron chi connectivity index (χ4n) is 2.65. The Hall–Kier alpha value is -2.09. The summed E-state index contributed by atoms with van der Waals surface area (Å²) in [7, 11) is -3.02. The number of aryl methyl sites for hydroxylation is 1. The van der Waals surface area contributed by atoms with Crippen molar-refractivity contribution in [1.82, 2.24) is 9.88 Å². The molecule has 1 aliphatic heterocycles. The lowest BCUT2D eigenvalue weighted by Crippen LogP contribution is -2.36. The van der Waals surface area contributed by atoms with Crippen molar-refractivity contribution in [3.05, 3.63) is 34.8 Å². The molecule has 0 aliphatic carbocycles. The molecule has 0 bridgehead atoms. The number of nitrogens with one attached hydrogen (secondary N) is 1. The number of sulfone groups is 1. The molecule has 1 aromatic carbocycles. The van der Waals surface area contributed by atoms with Gasteiger partial charge in [0.2, 0.25) is 5.91 Å². The molecule has 1 fully saturated rings. The van der Waals surface area contributed by atoms with Gasteiger partial charge in [0.15, 0.2) is 15.4 Å². The highest BCUT2D eigenvalue weighted by atomic mass is 32.2. The number of aromatic nitrogens is 1. The summed E-state index contributed by atoms with van der Waals surface area (Å²) in [5.41, 5.74) is 1.12. The molecule has 8 heteroatoms. The van der Waals surface area contributed by atoms with Crippen LogP contribution in [0.4, 0.5) is 0 Å². The van der Waals surface area contributed by atoms with Crippen LogP contribution in [-0.2, 0) is 21.2 Å². The van der Waals surface area contributed by atoms with E-state index in [1.807, 2.05) is 0 Å². The van der Waals surface area contributed by atoms with Crippen LogP contribution >= 0.6 is 0 Å². The third-order valence-corrected chi connectivity index (χ3v) is 5.50. The number of benzene rings is 1. The van der Waals surface area contributed by atoms with E-state index in [1.165, 1.54) is 4.57 Å². The molecular formula is C14H16N2O5S. The molecule has 1 atom stereocenters. The van der Waals surface area contributed by atoms with Crippen molar-refractivity contribution < 1.29 is 17.6 Å². The van der Waals surface area contributed by atoms with Crippen molar-refractivity contribution in [2.24, 2.45) is 0 Å². The third kappa shape index (κ3) is 3.06. The van der Waals surface area contributed by atoms with Gasteiger partial charge in [-0.3, -0.25) is 9.36 Å². The zero-order valence-corrected chi connectivity index (χ0v) is 12.6. The largest absolute Gasteiger partial charge is 0.419 e. The molecule has 1 aliphatic rings. The summed E-state index contributed by atoms with van der Waals surface area (Å²) in [4.78, 5) is 23.7. The Labute approximate surface area is 126 Å². The highest BCUT2D eigenvalue weighted by Crippen LogP contribution is 2.13. The number of carbonyl (C=O) groups is 1. The molecule has 1 aromatic heterocycles. The predicted molar refractivity (Wildman–Crippen MR) is 80.3 cm³/mol. The van der Waals surface area contributed by atoms with Gasteiger partial charge in [-0.2, -0.15) is 0 Å². The van der Waals surface area contributed by atoms with E-state index < -0.39 is 15.6 Å². The minimum atomic E-state index is -3.02. The van der Waals surface area contributed by atoms with Gasteiger partial charge in [-0.05, 0) is 18.6 Å². The summed E-state index contributed by atoms with van der Waals surface area (Å²) in [6.07, 6.45) is 0.544. The van der Waals surface area contributed by atoms with Gasteiger partial charge in [0.25, 0.3) is 0 Å². The minimum Gasteiger partial charge on any atom is -0.408 e. The second kappa shape index (κ2) is 5.60. The number of nitrogens with zero attached hydrogens (tertiary/aromatic N) is 1. The van der Waals surface area contributed by atoms with Gasteiger partial charge in [-0.1, -0.05) is 12.1 Å². The zero-order chi connectivity index (χ0) is 15.7. The monoisotopic (exact) mass is 324 g/mol. The van der Waals surface area contributed by atoms with Crippen LogP contribution in [0.3, 0.4) is 0 Å². The van der Waals surface area contributed by atoms with Crippen molar-refractivity contribution in [2.45, 2.75) is 25.4 Å². The summed E-state index contributed by atoms with van der Waals surface area (Å²) >= 11 is 0. The Morgan fingerprint density at radius 1 is 1.36 bits per heavy atom. The first-order chi connectivity index (χ1) is 10.4. The first-order valence-corrected chi connectivity index (χ1v) is 8.85. The summed E-state index contributed by atoms with van der Waals surface area (Å²) in [5.74, 6) is -0.659. The van der Waals surface area contributed by atoms with Crippen LogP contribution in [0.25, 0.3) is 11.1 Å². The quantitative estimate of drug-likeness (QED) is 0.871. The molecule has 22 heavy (non-hydrogen) atoms. The molecule has 0 radical (unpaired) electrons. The van der Waals surface area contributed by atoms with Gasteiger partial charge in [0, 0.05) is 19.0 Å². The predicted octanol–water partition coefficient (Wildman–Crippen LogP) is 0.288. The van der Waals surface area contributed by atoms with Gasteiger partial charge in [-0.15, -0.1) is 0 Å². The maximum atomic E-state index is 11.9. The molecule has 1 amide bonds. The van der Waals surface area contributed by atoms with E-state index in [-0.39, 0.29) is 36.4 Å². The standard InChI is InChI=1S/C14H16N2O5S/c17-13(15-10-6-8-22(19,20)9-10)5-7-16-11-3-1-2-4-12(11)21-14(16)18/h1-4,10H,5-9H2,(H,15,17)/t10-/m1/s1. The first-order valence-electron chi connectivity index (χ1n) is 7.03. The van der Waals surface area contributed by atoms with E-state index in [9.17, 15) is 18.0 Å². The Morgan fingerprint density at radius 2 is 2.14 bits per heavy atom. The van der Waals surface area contributed by atoms with Gasteiger partial charge >= 0.3 is 5.76 Å². The van der Waals surface area contributed by atoms with Crippen LogP contribution < -0.4 is 11.1 Å². The van der Waals surface area contributed by atoms with Crippen LogP contribution in [0.2, 0.25) is 0 Å². The highest BCUT2D eigenvalue weighted by molar-refractivity contribution is 7.91. The van der Waals surface area contributed by atoms with Crippen LogP contribution in [0.1, 0.15) is 12.8 Å². The third-order valence-electron chi connectivity index (χ3n) is 3.73. The second-order valence-corrected chi connectivity index (χ2v) is 7.63. The fourth-order valence-corrected chi connectivity index (χ4v) is 4.32. The minimum absolute atomic E-state index is 0.00662. The molecule has 3 rings (SSSR count). The fraction of sp³-hybridized carbons (Fsp3) is 0.429. The summed E-state index contributed by atoms with van der Waals surface area (Å²) < 4.78 is 29.2. The Bertz CT molecular complexity index is 865. The van der Waals surface area contributed by atoms with Gasteiger partial charge in [0.05, 0.1) is 17.0 Å². The molecule has 1 saturated heterocycles. The molecular weight excluding hydrogens is 308 g/mol. The van der Waals surface area contributed by atoms with Crippen molar-refractivity contribution in [3.8, 4) is 0 Å². The molecule has 0 spiro atoms. The number of carbonyl (C=O) groups excluding carboxylic acids is 1. The summed E-state index contributed by atoms with van der Waals surface area (Å²) in [5, 5.41) is 2.70. The van der Waals surface area contributed by atoms with Crippen LogP contribution in [-0.4, -0.2) is 36.4 Å². The van der Waals surface area contributed by atoms with E-state index in [0.29, 0.717) is 17.5 Å². The maximum Gasteiger partial charge on any atom is 0.419 e. The smallest absolute Gasteiger partial charge is 0.408 e. The number of fused-ring (bicyclic) bond motifs is 1. The Balaban J connectivity index is 1.63. The Morgan fingerprint density at radius 3 is 2.86 bits per heavy atom. The van der Waals surface area contributed by atoms with Crippen molar-refractivity contribution in [3.63, 3.8) is 0 Å². The van der Waals surface area contributed by atoms with Crippen molar-refractivity contribution in [1.29, 1.82) is 0 Å². The van der Waals surface area contributed by atoms with Crippen LogP contribution in [0.15, 0.2) is 33.5 Å². The number of rotatable bonds is 4. The first kappa shape index (κ1) is 14.8. The van der Waals surface area contributed by atoms with Crippen molar-refractivity contribution in [2.75, 3.05) is 11.5 Å². The molecule has 1 N–H and O–H groups in total. The number of hydrogen-bond acceptors (Lipinski definition) is 5. The Kier molecular flexibility index (Phi) is 3.78. The highest BCUT2D eigenvalue weighted by Gasteiger charge is 2.28. The van der Waals surface area contributed by atoms with Crippen LogP contribution in [0.5, 0.6) is 0 Å². The van der Waals surface area contributed by atoms with Crippen molar-refractivity contribution >= 4 is 26.8 Å². The molecule has 2 heterocycles. The average molecular weight is 324 g/mol. The van der Waals surface area contributed by atoms with Gasteiger partial charge in [-0.25, -0.2) is 13.2 Å². The van der Waals surface area contributed by atoms with Gasteiger partial charge in [0.1, 0.15) is 0 Å². The topological polar surface area (TPSA) is 98.4 Å². The summed E-state index contributed by atoms with van der Waals surface area (Å²) in [6, 6.07) is 6.67. The average Bonchev–Trinajstić information content (AvgIpc) is 2.95. The number of amides is 1. The molecule has 0 unspecified atom stereocenters. The van der Waals surface area contributed by atoms with E-state index >= 15 is 0 Å². The summed E-state index contributed by atoms with van der Waals surface area (Å²) in [6.45, 7) is 0.196.